The van der Waals surface area contributed by atoms with Crippen molar-refractivity contribution < 1.29 is 36.7 Å². The molecule has 5 nitrogen and oxygen atoms in total. The van der Waals surface area contributed by atoms with E-state index in [1.807, 2.05) is 61.7 Å². The number of ether oxygens (including phenoxy) is 1. The number of carboxylic acids is 1. The summed E-state index contributed by atoms with van der Waals surface area (Å²) >= 11 is 0. The molecule has 1 aromatic heterocycles. The van der Waals surface area contributed by atoms with Crippen LogP contribution in [0, 0.1) is 0 Å². The smallest absolute Gasteiger partial charge is 0.335 e. The third kappa shape index (κ3) is 5.83. The highest BCUT2D eigenvalue weighted by atomic mass is 35.5. The third-order valence-corrected chi connectivity index (χ3v) is 4.26. The standard InChI is InChI=1S/C23H21NO4.ClH/c1-2-28-22-15-17(9-13-21(22)25)8-12-20-5-3-4-14-24(20)16-18-6-10-19(11-7-18)23(26)27;/h3-15H,2,16H2,1H3,(H,26,27);1H. The van der Waals surface area contributed by atoms with E-state index in [-0.39, 0.29) is 23.7 Å². The predicted octanol–water partition coefficient (Wildman–Crippen LogP) is 0.999. The number of carboxylic acid groups (broad SMARTS) is 1. The van der Waals surface area contributed by atoms with Gasteiger partial charge in [0.2, 0.25) is 5.69 Å². The van der Waals surface area contributed by atoms with E-state index in [4.69, 9.17) is 9.84 Å². The van der Waals surface area contributed by atoms with Crippen molar-refractivity contribution in [2.45, 2.75) is 13.5 Å². The molecule has 0 radical (unpaired) electrons. The molecule has 0 aliphatic carbocycles. The molecule has 0 atom stereocenters. The van der Waals surface area contributed by atoms with Gasteiger partial charge in [0, 0.05) is 23.8 Å². The second-order valence-corrected chi connectivity index (χ2v) is 6.25. The third-order valence-electron chi connectivity index (χ3n) is 4.26. The monoisotopic (exact) mass is 411 g/mol. The maximum absolute atomic E-state index is 11.0. The van der Waals surface area contributed by atoms with Crippen molar-refractivity contribution in [1.29, 1.82) is 0 Å². The fourth-order valence-electron chi connectivity index (χ4n) is 2.82. The summed E-state index contributed by atoms with van der Waals surface area (Å²) in [6.45, 7) is 2.98. The molecule has 29 heavy (non-hydrogen) atoms. The van der Waals surface area contributed by atoms with Gasteiger partial charge < -0.3 is 27.4 Å². The molecule has 150 valence electrons. The number of aromatic nitrogens is 1. The highest BCUT2D eigenvalue weighted by Crippen LogP contribution is 2.27. The van der Waals surface area contributed by atoms with Gasteiger partial charge in [0.25, 0.3) is 0 Å². The van der Waals surface area contributed by atoms with Crippen molar-refractivity contribution in [1.82, 2.24) is 0 Å². The van der Waals surface area contributed by atoms with E-state index in [9.17, 15) is 9.90 Å². The summed E-state index contributed by atoms with van der Waals surface area (Å²) in [6, 6.07) is 18.0. The molecule has 0 saturated heterocycles. The number of rotatable bonds is 7. The van der Waals surface area contributed by atoms with E-state index in [0.29, 0.717) is 18.9 Å². The number of hydrogen-bond donors (Lipinski definition) is 2. The number of phenols is 1. The molecule has 0 bridgehead atoms. The van der Waals surface area contributed by atoms with Crippen molar-refractivity contribution in [3.05, 3.63) is 89.2 Å². The zero-order valence-electron chi connectivity index (χ0n) is 16.0. The Balaban J connectivity index is 0.00000300. The average Bonchev–Trinajstić information content (AvgIpc) is 2.70. The van der Waals surface area contributed by atoms with Crippen LogP contribution in [-0.4, -0.2) is 22.8 Å². The van der Waals surface area contributed by atoms with Crippen molar-refractivity contribution in [3.63, 3.8) is 0 Å². The van der Waals surface area contributed by atoms with Crippen LogP contribution in [0.5, 0.6) is 11.5 Å². The summed E-state index contributed by atoms with van der Waals surface area (Å²) < 4.78 is 7.51. The highest BCUT2D eigenvalue weighted by Gasteiger charge is 2.09. The number of aromatic hydroxyl groups is 1. The maximum atomic E-state index is 11.0. The lowest BCUT2D eigenvalue weighted by Crippen LogP contribution is -3.00. The van der Waals surface area contributed by atoms with Gasteiger partial charge in [-0.1, -0.05) is 18.2 Å². The second kappa shape index (κ2) is 10.3. The van der Waals surface area contributed by atoms with E-state index in [1.54, 1.807) is 24.3 Å². The van der Waals surface area contributed by atoms with Gasteiger partial charge in [-0.15, -0.1) is 0 Å². The molecule has 0 aliphatic rings. The Morgan fingerprint density at radius 2 is 1.83 bits per heavy atom. The zero-order valence-corrected chi connectivity index (χ0v) is 16.7. The lowest BCUT2D eigenvalue weighted by molar-refractivity contribution is -0.690. The number of halogens is 1. The van der Waals surface area contributed by atoms with Crippen molar-refractivity contribution in [3.8, 4) is 11.5 Å². The summed E-state index contributed by atoms with van der Waals surface area (Å²) in [5, 5.41) is 18.8. The van der Waals surface area contributed by atoms with Crippen LogP contribution in [0.3, 0.4) is 0 Å². The van der Waals surface area contributed by atoms with Crippen molar-refractivity contribution >= 4 is 18.1 Å². The number of pyridine rings is 1. The molecule has 0 amide bonds. The molecule has 0 spiro atoms. The molecule has 1 heterocycles. The van der Waals surface area contributed by atoms with Crippen molar-refractivity contribution in [2.75, 3.05) is 6.61 Å². The van der Waals surface area contributed by atoms with E-state index in [0.717, 1.165) is 16.8 Å². The fraction of sp³-hybridized carbons (Fsp3) is 0.130. The molecule has 3 aromatic rings. The predicted molar refractivity (Wildman–Crippen MR) is 107 cm³/mol. The Bertz CT molecular complexity index is 1000. The fourth-order valence-corrected chi connectivity index (χ4v) is 2.82. The maximum Gasteiger partial charge on any atom is 0.335 e. The average molecular weight is 412 g/mol. The molecule has 0 fully saturated rings. The minimum Gasteiger partial charge on any atom is -1.00 e. The Morgan fingerprint density at radius 1 is 1.07 bits per heavy atom. The van der Waals surface area contributed by atoms with Crippen LogP contribution in [0.15, 0.2) is 66.9 Å². The Labute approximate surface area is 175 Å². The molecule has 2 N–H and O–H groups in total. The first kappa shape index (κ1) is 22.0. The van der Waals surface area contributed by atoms with Crippen LogP contribution in [-0.2, 0) is 6.54 Å². The van der Waals surface area contributed by atoms with Gasteiger partial charge in [-0.25, -0.2) is 4.79 Å². The number of carbonyl (C=O) groups is 1. The van der Waals surface area contributed by atoms with Gasteiger partial charge in [-0.2, -0.15) is 4.57 Å². The molecule has 6 heteroatoms. The Kier molecular flexibility index (Phi) is 7.80. The molecular weight excluding hydrogens is 390 g/mol. The summed E-state index contributed by atoms with van der Waals surface area (Å²) in [7, 11) is 0. The van der Waals surface area contributed by atoms with Gasteiger partial charge in [-0.05, 0) is 48.9 Å². The normalized spacial score (nSPS) is 10.5. The molecule has 3 rings (SSSR count). The van der Waals surface area contributed by atoms with Crippen LogP contribution < -0.4 is 21.7 Å². The van der Waals surface area contributed by atoms with Crippen molar-refractivity contribution in [2.24, 2.45) is 0 Å². The van der Waals surface area contributed by atoms with Crippen LogP contribution in [0.25, 0.3) is 12.2 Å². The molecule has 0 aliphatic heterocycles. The minimum absolute atomic E-state index is 0. The number of aromatic carboxylic acids is 1. The van der Waals surface area contributed by atoms with E-state index < -0.39 is 5.97 Å². The van der Waals surface area contributed by atoms with Crippen LogP contribution >= 0.6 is 0 Å². The Hall–Kier alpha value is -3.31. The number of nitrogens with zero attached hydrogens (tertiary/aromatic N) is 1. The number of phenolic OH excluding ortho intramolecular Hbond substituents is 1. The summed E-state index contributed by atoms with van der Waals surface area (Å²) in [5.74, 6) is -0.342. The van der Waals surface area contributed by atoms with Gasteiger partial charge in [-0.3, -0.25) is 0 Å². The lowest BCUT2D eigenvalue weighted by Gasteiger charge is -2.06. The summed E-state index contributed by atoms with van der Waals surface area (Å²) in [4.78, 5) is 11.0. The second-order valence-electron chi connectivity index (χ2n) is 6.25. The first-order valence-electron chi connectivity index (χ1n) is 9.01. The topological polar surface area (TPSA) is 70.6 Å². The van der Waals surface area contributed by atoms with E-state index in [2.05, 4.69) is 4.57 Å². The molecule has 0 unspecified atom stereocenters. The van der Waals surface area contributed by atoms with Crippen LogP contribution in [0.4, 0.5) is 0 Å². The molecular formula is C23H22ClNO4. The molecule has 2 aromatic carbocycles. The SMILES string of the molecule is CCOc1cc(/C=C/c2cccc[n+]2Cc2ccc(C(=O)O)cc2)ccc1O.[Cl-]. The Morgan fingerprint density at radius 3 is 2.52 bits per heavy atom. The van der Waals surface area contributed by atoms with Gasteiger partial charge in [0.1, 0.15) is 0 Å². The van der Waals surface area contributed by atoms with Crippen LogP contribution in [0.1, 0.15) is 34.1 Å². The quantitative estimate of drug-likeness (QED) is 0.569. The van der Waals surface area contributed by atoms with Crippen LogP contribution in [0.2, 0.25) is 0 Å². The van der Waals surface area contributed by atoms with E-state index in [1.165, 1.54) is 0 Å². The highest BCUT2D eigenvalue weighted by molar-refractivity contribution is 5.87. The molecule has 0 saturated carbocycles. The lowest BCUT2D eigenvalue weighted by atomic mass is 10.1. The van der Waals surface area contributed by atoms with Gasteiger partial charge in [0.15, 0.2) is 24.2 Å². The first-order chi connectivity index (χ1) is 13.6. The van der Waals surface area contributed by atoms with E-state index >= 15 is 0 Å². The number of hydrogen-bond acceptors (Lipinski definition) is 3. The minimum atomic E-state index is -0.928. The largest absolute Gasteiger partial charge is 1.00 e. The zero-order chi connectivity index (χ0) is 19.9. The van der Waals surface area contributed by atoms with Gasteiger partial charge in [0.05, 0.1) is 12.2 Å². The number of benzene rings is 2. The van der Waals surface area contributed by atoms with Gasteiger partial charge >= 0.3 is 5.97 Å². The first-order valence-corrected chi connectivity index (χ1v) is 9.01. The summed E-state index contributed by atoms with van der Waals surface area (Å²) in [5.41, 5.74) is 3.21. The summed E-state index contributed by atoms with van der Waals surface area (Å²) in [6.07, 6.45) is 5.93.